The number of amides is 2. The topological polar surface area (TPSA) is 92.8 Å². The molecule has 1 atom stereocenters. The monoisotopic (exact) mass is 434 g/mol. The van der Waals surface area contributed by atoms with Crippen LogP contribution in [0.25, 0.3) is 22.3 Å². The van der Waals surface area contributed by atoms with Crippen molar-refractivity contribution in [2.24, 2.45) is 0 Å². The van der Waals surface area contributed by atoms with Crippen LogP contribution >= 0.6 is 0 Å². The van der Waals surface area contributed by atoms with Crippen LogP contribution in [0.1, 0.15) is 17.8 Å². The van der Waals surface area contributed by atoms with Crippen LogP contribution < -0.4 is 10.6 Å². The number of hydrogen-bond acceptors (Lipinski definition) is 6. The molecular formula is C24H26N4O4. The van der Waals surface area contributed by atoms with Gasteiger partial charge in [0, 0.05) is 36.8 Å². The molecule has 0 fully saturated rings. The summed E-state index contributed by atoms with van der Waals surface area (Å²) in [5, 5.41) is 6.62. The minimum absolute atomic E-state index is 0.240. The van der Waals surface area contributed by atoms with Crippen LogP contribution in [0.15, 0.2) is 69.6 Å². The van der Waals surface area contributed by atoms with Gasteiger partial charge in [0.05, 0.1) is 6.20 Å². The Hall–Kier alpha value is -3.62. The molecule has 0 saturated carbocycles. The van der Waals surface area contributed by atoms with Gasteiger partial charge in [-0.05, 0) is 50.5 Å². The first-order valence-electron chi connectivity index (χ1n) is 10.3. The molecule has 2 N–H and O–H groups in total. The van der Waals surface area contributed by atoms with E-state index in [-0.39, 0.29) is 6.03 Å². The third-order valence-electron chi connectivity index (χ3n) is 4.96. The van der Waals surface area contributed by atoms with Gasteiger partial charge in [-0.3, -0.25) is 0 Å². The van der Waals surface area contributed by atoms with E-state index in [1.54, 1.807) is 13.3 Å². The first-order valence-corrected chi connectivity index (χ1v) is 10.3. The summed E-state index contributed by atoms with van der Waals surface area (Å²) in [7, 11) is 5.50. The Morgan fingerprint density at radius 3 is 2.62 bits per heavy atom. The second kappa shape index (κ2) is 9.67. The van der Waals surface area contributed by atoms with Crippen molar-refractivity contribution in [1.82, 2.24) is 15.2 Å². The molecule has 0 aliphatic heterocycles. The molecule has 8 nitrogen and oxygen atoms in total. The van der Waals surface area contributed by atoms with E-state index in [1.165, 1.54) is 0 Å². The second-order valence-corrected chi connectivity index (χ2v) is 7.63. The number of carbonyl (C=O) groups is 1. The molecular weight excluding hydrogens is 408 g/mol. The van der Waals surface area contributed by atoms with Crippen molar-refractivity contribution in [1.29, 1.82) is 0 Å². The zero-order valence-electron chi connectivity index (χ0n) is 18.3. The molecule has 1 unspecified atom stereocenters. The van der Waals surface area contributed by atoms with Crippen LogP contribution in [0.5, 0.6) is 0 Å². The fourth-order valence-electron chi connectivity index (χ4n) is 3.30. The highest BCUT2D eigenvalue weighted by Crippen LogP contribution is 2.32. The quantitative estimate of drug-likeness (QED) is 0.424. The number of fused-ring (bicyclic) bond motifs is 1. The zero-order chi connectivity index (χ0) is 22.5. The smallest absolute Gasteiger partial charge is 0.319 e. The number of methoxy groups -OCH3 is 1. The van der Waals surface area contributed by atoms with Crippen molar-refractivity contribution in [3.8, 4) is 11.3 Å². The highest BCUT2D eigenvalue weighted by Gasteiger charge is 2.23. The maximum absolute atomic E-state index is 12.0. The lowest BCUT2D eigenvalue weighted by Crippen LogP contribution is -2.34. The average molecular weight is 434 g/mol. The first-order chi connectivity index (χ1) is 15.5. The molecule has 0 aliphatic carbocycles. The average Bonchev–Trinajstić information content (AvgIpc) is 3.42. The Labute approximate surface area is 186 Å². The molecule has 2 amide bonds. The minimum Gasteiger partial charge on any atom is -0.458 e. The van der Waals surface area contributed by atoms with Crippen molar-refractivity contribution in [2.75, 3.05) is 39.6 Å². The lowest BCUT2D eigenvalue weighted by molar-refractivity contribution is 0.0950. The number of benzene rings is 2. The summed E-state index contributed by atoms with van der Waals surface area (Å²) in [4.78, 5) is 18.4. The lowest BCUT2D eigenvalue weighted by atomic mass is 10.2. The molecule has 0 spiro atoms. The molecule has 8 heteroatoms. The number of ether oxygens (including phenoxy) is 1. The highest BCUT2D eigenvalue weighted by molar-refractivity contribution is 5.89. The van der Waals surface area contributed by atoms with E-state index >= 15 is 0 Å². The first kappa shape index (κ1) is 21.6. The van der Waals surface area contributed by atoms with Gasteiger partial charge in [0.1, 0.15) is 11.3 Å². The number of para-hydroxylation sites is 1. The van der Waals surface area contributed by atoms with Gasteiger partial charge in [-0.15, -0.1) is 0 Å². The van der Waals surface area contributed by atoms with E-state index in [1.807, 2.05) is 73.6 Å². The molecule has 0 radical (unpaired) electrons. The molecule has 166 valence electrons. The summed E-state index contributed by atoms with van der Waals surface area (Å²) in [6, 6.07) is 16.8. The number of likely N-dealkylation sites (N-methyl/N-ethyl adjacent to an activating group) is 1. The number of hydrogen-bond donors (Lipinski definition) is 2. The number of furan rings is 1. The van der Waals surface area contributed by atoms with Gasteiger partial charge >= 0.3 is 6.03 Å². The van der Waals surface area contributed by atoms with Crippen molar-refractivity contribution in [2.45, 2.75) is 6.10 Å². The van der Waals surface area contributed by atoms with E-state index in [0.717, 1.165) is 23.1 Å². The number of aromatic nitrogens is 1. The van der Waals surface area contributed by atoms with Gasteiger partial charge < -0.3 is 29.1 Å². The molecule has 0 aliphatic rings. The third-order valence-corrected chi connectivity index (χ3v) is 4.96. The second-order valence-electron chi connectivity index (χ2n) is 7.63. The molecule has 0 saturated heterocycles. The summed E-state index contributed by atoms with van der Waals surface area (Å²) < 4.78 is 17.5. The normalized spacial score (nSPS) is 12.2. The van der Waals surface area contributed by atoms with Gasteiger partial charge in [-0.1, -0.05) is 18.2 Å². The lowest BCUT2D eigenvalue weighted by Gasteiger charge is -2.11. The zero-order valence-corrected chi connectivity index (χ0v) is 18.3. The van der Waals surface area contributed by atoms with E-state index in [4.69, 9.17) is 13.6 Å². The van der Waals surface area contributed by atoms with Gasteiger partial charge in [0.2, 0.25) is 5.89 Å². The van der Waals surface area contributed by atoms with Gasteiger partial charge in [-0.25, -0.2) is 9.78 Å². The Morgan fingerprint density at radius 1 is 1.12 bits per heavy atom. The predicted molar refractivity (Wildman–Crippen MR) is 123 cm³/mol. The number of anilines is 1. The van der Waals surface area contributed by atoms with Gasteiger partial charge in [-0.2, -0.15) is 0 Å². The number of oxazole rings is 1. The third kappa shape index (κ3) is 4.99. The number of rotatable bonds is 8. The largest absolute Gasteiger partial charge is 0.458 e. The van der Waals surface area contributed by atoms with Crippen LogP contribution in [-0.4, -0.2) is 50.2 Å². The fraction of sp³-hybridized carbons (Fsp3) is 0.250. The van der Waals surface area contributed by atoms with Crippen molar-refractivity contribution < 1.29 is 18.4 Å². The summed E-state index contributed by atoms with van der Waals surface area (Å²) in [5.41, 5.74) is 2.31. The van der Waals surface area contributed by atoms with Crippen LogP contribution in [0.3, 0.4) is 0 Å². The van der Waals surface area contributed by atoms with E-state index in [2.05, 4.69) is 15.6 Å². The Balaban J connectivity index is 1.44. The highest BCUT2D eigenvalue weighted by atomic mass is 16.5. The number of nitrogens with zero attached hydrogens (tertiary/aromatic N) is 2. The van der Waals surface area contributed by atoms with E-state index in [9.17, 15) is 4.79 Å². The molecule has 2 aromatic heterocycles. The summed E-state index contributed by atoms with van der Waals surface area (Å²) in [5.74, 6) is 1.63. The standard InChI is InChI=1S/C24H26N4O4/c1-28(2)13-12-25-24(29)27-18-10-8-16(9-11-18)21-15-26-23(32-21)22(30-3)20-14-17-6-4-5-7-19(17)31-20/h4-11,14-15,22H,12-13H2,1-3H3,(H2,25,27,29). The predicted octanol–water partition coefficient (Wildman–Crippen LogP) is 4.51. The summed E-state index contributed by atoms with van der Waals surface area (Å²) >= 11 is 0. The number of nitrogens with one attached hydrogen (secondary N) is 2. The van der Waals surface area contributed by atoms with Crippen molar-refractivity contribution in [3.05, 3.63) is 72.4 Å². The van der Waals surface area contributed by atoms with Crippen LogP contribution in [0.4, 0.5) is 10.5 Å². The Kier molecular flexibility index (Phi) is 6.53. The fourth-order valence-corrected chi connectivity index (χ4v) is 3.30. The Bertz CT molecular complexity index is 1150. The molecule has 4 rings (SSSR count). The molecule has 32 heavy (non-hydrogen) atoms. The van der Waals surface area contributed by atoms with Crippen LogP contribution in [0.2, 0.25) is 0 Å². The molecule has 4 aromatic rings. The summed E-state index contributed by atoms with van der Waals surface area (Å²) in [6.07, 6.45) is 1.10. The van der Waals surface area contributed by atoms with Crippen LogP contribution in [0, 0.1) is 0 Å². The summed E-state index contributed by atoms with van der Waals surface area (Å²) in [6.45, 7) is 1.35. The molecule has 2 aromatic carbocycles. The van der Waals surface area contributed by atoms with Crippen molar-refractivity contribution in [3.63, 3.8) is 0 Å². The maximum atomic E-state index is 12.0. The van der Waals surface area contributed by atoms with Crippen molar-refractivity contribution >= 4 is 22.7 Å². The van der Waals surface area contributed by atoms with Gasteiger partial charge in [0.25, 0.3) is 0 Å². The van der Waals surface area contributed by atoms with Crippen LogP contribution in [-0.2, 0) is 4.74 Å². The minimum atomic E-state index is -0.553. The van der Waals surface area contributed by atoms with E-state index in [0.29, 0.717) is 29.6 Å². The number of carbonyl (C=O) groups excluding carboxylic acids is 1. The maximum Gasteiger partial charge on any atom is 0.319 e. The van der Waals surface area contributed by atoms with E-state index < -0.39 is 6.10 Å². The van der Waals surface area contributed by atoms with Gasteiger partial charge in [0.15, 0.2) is 11.9 Å². The molecule has 0 bridgehead atoms. The number of urea groups is 1. The Morgan fingerprint density at radius 2 is 1.91 bits per heavy atom. The SMILES string of the molecule is COC(c1cc2ccccc2o1)c1ncc(-c2ccc(NC(=O)NCCN(C)C)cc2)o1. The molecule has 2 heterocycles.